The number of aliphatic hydroxyl groups is 1. The smallest absolute Gasteiger partial charge is 0.146 e. The van der Waals surface area contributed by atoms with Gasteiger partial charge in [0.25, 0.3) is 0 Å². The van der Waals surface area contributed by atoms with Gasteiger partial charge in [-0.1, -0.05) is 27.5 Å². The molecule has 0 saturated heterocycles. The topological polar surface area (TPSA) is 37.5 Å². The molecule has 0 saturated carbocycles. The van der Waals surface area contributed by atoms with Gasteiger partial charge in [0.1, 0.15) is 16.2 Å². The minimum Gasteiger partial charge on any atom is -0.392 e. The number of benzene rings is 1. The van der Waals surface area contributed by atoms with Gasteiger partial charge < -0.3 is 5.11 Å². The lowest BCUT2D eigenvalue weighted by Crippen LogP contribution is -1.95. The number of fused-ring (bicyclic) bond motifs is 1. The lowest BCUT2D eigenvalue weighted by molar-refractivity contribution is 0.282. The van der Waals surface area contributed by atoms with E-state index in [4.69, 9.17) is 11.6 Å². The SMILES string of the molecule is OCc1c(Br)ccn2c(-c3cc(F)cc(Cl)c3)nc(Br)c12. The number of aromatic nitrogens is 2. The Morgan fingerprint density at radius 1 is 1.29 bits per heavy atom. The maximum absolute atomic E-state index is 13.5. The molecule has 3 nitrogen and oxygen atoms in total. The van der Waals surface area contributed by atoms with Crippen molar-refractivity contribution in [1.82, 2.24) is 9.38 Å². The highest BCUT2D eigenvalue weighted by Gasteiger charge is 2.16. The molecule has 0 spiro atoms. The average Bonchev–Trinajstić information content (AvgIpc) is 2.75. The zero-order valence-corrected chi connectivity index (χ0v) is 14.4. The standard InChI is InChI=1S/C14H8Br2ClFN2O/c15-11-1-2-20-12(10(11)6-21)13(16)19-14(20)7-3-8(17)5-9(18)4-7/h1-5,21H,6H2. The Morgan fingerprint density at radius 2 is 2.05 bits per heavy atom. The van der Waals surface area contributed by atoms with Crippen molar-refractivity contribution < 1.29 is 9.50 Å². The molecule has 0 atom stereocenters. The summed E-state index contributed by atoms with van der Waals surface area (Å²) in [5.74, 6) is 0.116. The number of halogens is 4. The predicted octanol–water partition coefficient (Wildman–Crippen LogP) is 4.81. The van der Waals surface area contributed by atoms with Crippen LogP contribution in [0.5, 0.6) is 0 Å². The van der Waals surface area contributed by atoms with Gasteiger partial charge in [0.05, 0.1) is 12.1 Å². The monoisotopic (exact) mass is 432 g/mol. The molecule has 1 aromatic carbocycles. The van der Waals surface area contributed by atoms with Crippen molar-refractivity contribution in [2.45, 2.75) is 6.61 Å². The Labute approximate surface area is 141 Å². The van der Waals surface area contributed by atoms with Crippen LogP contribution in [0, 0.1) is 5.82 Å². The number of hydrogen-bond acceptors (Lipinski definition) is 2. The number of hydrogen-bond donors (Lipinski definition) is 1. The van der Waals surface area contributed by atoms with E-state index in [1.54, 1.807) is 22.7 Å². The molecule has 7 heteroatoms. The number of nitrogens with zero attached hydrogens (tertiary/aromatic N) is 2. The van der Waals surface area contributed by atoms with Crippen molar-refractivity contribution in [3.8, 4) is 11.4 Å². The average molecular weight is 434 g/mol. The maximum Gasteiger partial charge on any atom is 0.146 e. The molecule has 108 valence electrons. The van der Waals surface area contributed by atoms with Crippen molar-refractivity contribution in [2.75, 3.05) is 0 Å². The highest BCUT2D eigenvalue weighted by Crippen LogP contribution is 2.33. The molecule has 3 rings (SSSR count). The molecule has 2 aromatic heterocycles. The number of imidazole rings is 1. The third-order valence-corrected chi connectivity index (χ3v) is 4.61. The minimum atomic E-state index is -0.426. The molecule has 0 fully saturated rings. The summed E-state index contributed by atoms with van der Waals surface area (Å²) in [7, 11) is 0. The van der Waals surface area contributed by atoms with Crippen LogP contribution < -0.4 is 0 Å². The van der Waals surface area contributed by atoms with Gasteiger partial charge in [0.2, 0.25) is 0 Å². The first-order valence-electron chi connectivity index (χ1n) is 5.93. The second-order valence-corrected chi connectivity index (χ2v) is 6.45. The van der Waals surface area contributed by atoms with E-state index in [1.807, 2.05) is 0 Å². The Morgan fingerprint density at radius 3 is 2.71 bits per heavy atom. The first kappa shape index (κ1) is 15.0. The summed E-state index contributed by atoms with van der Waals surface area (Å²) in [6.07, 6.45) is 1.80. The van der Waals surface area contributed by atoms with E-state index in [2.05, 4.69) is 36.8 Å². The first-order chi connectivity index (χ1) is 10.0. The zero-order chi connectivity index (χ0) is 15.1. The third-order valence-electron chi connectivity index (χ3n) is 3.09. The van der Waals surface area contributed by atoms with Crippen LogP contribution in [-0.4, -0.2) is 14.5 Å². The zero-order valence-electron chi connectivity index (χ0n) is 10.4. The molecule has 3 aromatic rings. The van der Waals surface area contributed by atoms with Crippen LogP contribution in [0.2, 0.25) is 5.02 Å². The summed E-state index contributed by atoms with van der Waals surface area (Å²) >= 11 is 12.7. The van der Waals surface area contributed by atoms with E-state index in [0.717, 1.165) is 9.99 Å². The van der Waals surface area contributed by atoms with E-state index in [1.165, 1.54) is 12.1 Å². The Bertz CT molecular complexity index is 830. The molecule has 0 amide bonds. The highest BCUT2D eigenvalue weighted by atomic mass is 79.9. The van der Waals surface area contributed by atoms with Crippen molar-refractivity contribution in [3.63, 3.8) is 0 Å². The van der Waals surface area contributed by atoms with Crippen LogP contribution in [0.15, 0.2) is 39.5 Å². The lowest BCUT2D eigenvalue weighted by atomic mass is 10.2. The van der Waals surface area contributed by atoms with Crippen molar-refractivity contribution in [1.29, 1.82) is 0 Å². The highest BCUT2D eigenvalue weighted by molar-refractivity contribution is 9.11. The fraction of sp³-hybridized carbons (Fsp3) is 0.0714. The Hall–Kier alpha value is -0.950. The second kappa shape index (κ2) is 5.68. The third kappa shape index (κ3) is 2.61. The van der Waals surface area contributed by atoms with Crippen LogP contribution in [0.25, 0.3) is 16.9 Å². The lowest BCUT2D eigenvalue weighted by Gasteiger charge is -2.07. The summed E-state index contributed by atoms with van der Waals surface area (Å²) in [6, 6.07) is 6.06. The molecular formula is C14H8Br2ClFN2O. The van der Waals surface area contributed by atoms with E-state index >= 15 is 0 Å². The van der Waals surface area contributed by atoms with Crippen LogP contribution in [0.1, 0.15) is 5.56 Å². The van der Waals surface area contributed by atoms with Gasteiger partial charge in [-0.25, -0.2) is 9.37 Å². The predicted molar refractivity (Wildman–Crippen MR) is 86.9 cm³/mol. The van der Waals surface area contributed by atoms with Gasteiger partial charge in [-0.3, -0.25) is 4.40 Å². The molecule has 0 aliphatic heterocycles. The second-order valence-electron chi connectivity index (χ2n) is 4.40. The molecule has 0 aliphatic rings. The van der Waals surface area contributed by atoms with Gasteiger partial charge in [-0.05, 0) is 40.2 Å². The molecule has 2 heterocycles. The van der Waals surface area contributed by atoms with Crippen molar-refractivity contribution in [3.05, 3.63) is 55.9 Å². The van der Waals surface area contributed by atoms with Gasteiger partial charge >= 0.3 is 0 Å². The van der Waals surface area contributed by atoms with Crippen LogP contribution in [0.4, 0.5) is 4.39 Å². The number of pyridine rings is 1. The molecule has 0 aliphatic carbocycles. The largest absolute Gasteiger partial charge is 0.392 e. The minimum absolute atomic E-state index is 0.140. The molecular weight excluding hydrogens is 426 g/mol. The normalized spacial score (nSPS) is 11.3. The van der Waals surface area contributed by atoms with Crippen LogP contribution in [-0.2, 0) is 6.61 Å². The number of rotatable bonds is 2. The fourth-order valence-electron chi connectivity index (χ4n) is 2.21. The quantitative estimate of drug-likeness (QED) is 0.629. The van der Waals surface area contributed by atoms with Gasteiger partial charge in [-0.2, -0.15) is 0 Å². The maximum atomic E-state index is 13.5. The molecule has 0 bridgehead atoms. The van der Waals surface area contributed by atoms with E-state index in [0.29, 0.717) is 26.6 Å². The van der Waals surface area contributed by atoms with E-state index < -0.39 is 5.82 Å². The molecule has 21 heavy (non-hydrogen) atoms. The van der Waals surface area contributed by atoms with Gasteiger partial charge in [-0.15, -0.1) is 0 Å². The molecule has 0 radical (unpaired) electrons. The Kier molecular flexibility index (Phi) is 4.05. The summed E-state index contributed by atoms with van der Waals surface area (Å²) in [6.45, 7) is -0.140. The van der Waals surface area contributed by atoms with Crippen molar-refractivity contribution in [2.24, 2.45) is 0 Å². The summed E-state index contributed by atoms with van der Waals surface area (Å²) in [5, 5.41) is 9.84. The summed E-state index contributed by atoms with van der Waals surface area (Å²) < 4.78 is 16.7. The summed E-state index contributed by atoms with van der Waals surface area (Å²) in [4.78, 5) is 4.41. The van der Waals surface area contributed by atoms with Crippen LogP contribution in [0.3, 0.4) is 0 Å². The van der Waals surface area contributed by atoms with E-state index in [9.17, 15) is 9.50 Å². The van der Waals surface area contributed by atoms with Crippen molar-refractivity contribution >= 4 is 49.0 Å². The first-order valence-corrected chi connectivity index (χ1v) is 7.90. The summed E-state index contributed by atoms with van der Waals surface area (Å²) in [5.41, 5.74) is 1.99. The number of aliphatic hydroxyl groups excluding tert-OH is 1. The Balaban J connectivity index is 2.34. The van der Waals surface area contributed by atoms with Crippen LogP contribution >= 0.6 is 43.5 Å². The molecule has 0 unspecified atom stereocenters. The fourth-order valence-corrected chi connectivity index (χ4v) is 3.46. The molecule has 1 N–H and O–H groups in total. The van der Waals surface area contributed by atoms with Gasteiger partial charge in [0, 0.05) is 26.8 Å². The van der Waals surface area contributed by atoms with E-state index in [-0.39, 0.29) is 6.61 Å². The van der Waals surface area contributed by atoms with Gasteiger partial charge in [0.15, 0.2) is 0 Å².